The molecule has 4 atom stereocenters. The Kier molecular flexibility index (Phi) is 7.37. The van der Waals surface area contributed by atoms with E-state index in [1.54, 1.807) is 0 Å². The van der Waals surface area contributed by atoms with Gasteiger partial charge in [0.15, 0.2) is 6.10 Å². The number of halogens is 3. The number of ether oxygens (including phenoxy) is 2. The number of nitrogens with zero attached hydrogens (tertiary/aromatic N) is 2. The summed E-state index contributed by atoms with van der Waals surface area (Å²) in [5.74, 6) is 0. The van der Waals surface area contributed by atoms with E-state index < -0.39 is 12.3 Å². The normalized spacial score (nSPS) is 31.0. The van der Waals surface area contributed by atoms with Crippen LogP contribution in [0.3, 0.4) is 0 Å². The Labute approximate surface area is 144 Å². The largest absolute Gasteiger partial charge is 0.415 e. The molecule has 0 aliphatic carbocycles. The van der Waals surface area contributed by atoms with Gasteiger partial charge < -0.3 is 9.47 Å². The summed E-state index contributed by atoms with van der Waals surface area (Å²) in [6.45, 7) is 6.96. The molecular formula is C14H25F3N2O2S2. The third-order valence-corrected chi connectivity index (χ3v) is 6.05. The van der Waals surface area contributed by atoms with Crippen molar-refractivity contribution in [2.45, 2.75) is 50.1 Å². The summed E-state index contributed by atoms with van der Waals surface area (Å²) < 4.78 is 49.1. The molecule has 9 heteroatoms. The van der Waals surface area contributed by atoms with Crippen LogP contribution in [0, 0.1) is 0 Å². The monoisotopic (exact) mass is 374 g/mol. The molecule has 0 aromatic carbocycles. The Hall–Kier alpha value is 0.330. The van der Waals surface area contributed by atoms with Crippen LogP contribution in [0.2, 0.25) is 0 Å². The predicted octanol–water partition coefficient (Wildman–Crippen LogP) is 2.65. The van der Waals surface area contributed by atoms with Gasteiger partial charge in [0.1, 0.15) is 0 Å². The van der Waals surface area contributed by atoms with E-state index in [9.17, 15) is 13.2 Å². The fourth-order valence-corrected chi connectivity index (χ4v) is 3.80. The fraction of sp³-hybridized carbons (Fsp3) is 1.00. The molecule has 4 nitrogen and oxygen atoms in total. The van der Waals surface area contributed by atoms with Crippen molar-refractivity contribution in [3.63, 3.8) is 0 Å². The maximum absolute atomic E-state index is 12.8. The lowest BCUT2D eigenvalue weighted by Crippen LogP contribution is -2.53. The van der Waals surface area contributed by atoms with Crippen molar-refractivity contribution >= 4 is 22.5 Å². The summed E-state index contributed by atoms with van der Waals surface area (Å²) in [5, 5.41) is 0.304. The molecule has 0 amide bonds. The maximum atomic E-state index is 12.8. The Morgan fingerprint density at radius 2 is 1.78 bits per heavy atom. The van der Waals surface area contributed by atoms with Crippen LogP contribution in [0.5, 0.6) is 0 Å². The molecule has 0 spiro atoms. The summed E-state index contributed by atoms with van der Waals surface area (Å²) in [6.07, 6.45) is -5.20. The van der Waals surface area contributed by atoms with Crippen LogP contribution in [-0.4, -0.2) is 79.0 Å². The summed E-state index contributed by atoms with van der Waals surface area (Å²) in [6, 6.07) is 0.0349. The first kappa shape index (κ1) is 19.7. The zero-order valence-corrected chi connectivity index (χ0v) is 15.2. The lowest BCUT2D eigenvalue weighted by molar-refractivity contribution is -0.239. The van der Waals surface area contributed by atoms with Crippen molar-refractivity contribution < 1.29 is 22.6 Å². The van der Waals surface area contributed by atoms with Crippen LogP contribution in [0.1, 0.15) is 20.3 Å². The second-order valence-electron chi connectivity index (χ2n) is 6.17. The van der Waals surface area contributed by atoms with E-state index >= 15 is 0 Å². The van der Waals surface area contributed by atoms with E-state index in [-0.39, 0.29) is 25.3 Å². The van der Waals surface area contributed by atoms with Crippen molar-refractivity contribution in [1.29, 1.82) is 0 Å². The lowest BCUT2D eigenvalue weighted by atomic mass is 10.1. The van der Waals surface area contributed by atoms with E-state index in [0.29, 0.717) is 18.5 Å². The van der Waals surface area contributed by atoms with Crippen molar-refractivity contribution in [3.05, 3.63) is 0 Å². The second kappa shape index (κ2) is 8.62. The molecular weight excluding hydrogens is 349 g/mol. The second-order valence-corrected chi connectivity index (χ2v) is 7.70. The first-order valence-corrected chi connectivity index (χ1v) is 9.82. The van der Waals surface area contributed by atoms with E-state index in [0.717, 1.165) is 19.5 Å². The SMILES string of the molecule is CC(C[C@H]1CN(C(C)SS)CCO1)N1CCO[C@@H](C(F)(F)F)C1. The van der Waals surface area contributed by atoms with Crippen LogP contribution < -0.4 is 0 Å². The van der Waals surface area contributed by atoms with Gasteiger partial charge in [0.25, 0.3) is 0 Å². The first-order valence-electron chi connectivity index (χ1n) is 7.89. The molecule has 136 valence electrons. The van der Waals surface area contributed by atoms with E-state index in [4.69, 9.17) is 9.47 Å². The molecule has 2 fully saturated rings. The minimum Gasteiger partial charge on any atom is -0.375 e. The van der Waals surface area contributed by atoms with Crippen LogP contribution >= 0.6 is 22.5 Å². The highest BCUT2D eigenvalue weighted by Gasteiger charge is 2.44. The number of rotatable bonds is 5. The van der Waals surface area contributed by atoms with Crippen LogP contribution in [0.25, 0.3) is 0 Å². The van der Waals surface area contributed by atoms with Gasteiger partial charge in [0.05, 0.1) is 24.7 Å². The first-order chi connectivity index (χ1) is 10.8. The standard InChI is InChI=1S/C14H25F3N2O2S2/c1-10(18-3-6-21-13(9-18)14(15,16)17)7-12-8-19(4-5-20-12)11(2)23-22/h10-13,22H,3-9H2,1-2H3/t10?,11?,12-,13+/m0/s1. The van der Waals surface area contributed by atoms with Crippen molar-refractivity contribution in [3.8, 4) is 0 Å². The molecule has 2 aliphatic rings. The number of hydrogen-bond donors (Lipinski definition) is 1. The molecule has 2 unspecified atom stereocenters. The summed E-state index contributed by atoms with van der Waals surface area (Å²) in [5.41, 5.74) is 0. The molecule has 2 heterocycles. The third kappa shape index (κ3) is 5.67. The van der Waals surface area contributed by atoms with Crippen LogP contribution in [0.15, 0.2) is 0 Å². The molecule has 0 radical (unpaired) electrons. The number of thiol groups is 1. The molecule has 2 aliphatic heterocycles. The van der Waals surface area contributed by atoms with Gasteiger partial charge in [-0.2, -0.15) is 13.2 Å². The Balaban J connectivity index is 1.84. The molecule has 0 aromatic rings. The number of hydrogen-bond acceptors (Lipinski definition) is 6. The highest BCUT2D eigenvalue weighted by atomic mass is 33.1. The Morgan fingerprint density at radius 1 is 1.13 bits per heavy atom. The predicted molar refractivity (Wildman–Crippen MR) is 88.8 cm³/mol. The lowest BCUT2D eigenvalue weighted by Gasteiger charge is -2.41. The molecule has 0 saturated carbocycles. The van der Waals surface area contributed by atoms with Crippen LogP contribution in [0.4, 0.5) is 13.2 Å². The topological polar surface area (TPSA) is 24.9 Å². The van der Waals surface area contributed by atoms with Gasteiger partial charge in [-0.25, -0.2) is 0 Å². The Bertz CT molecular complexity index is 376. The maximum Gasteiger partial charge on any atom is 0.415 e. The smallest absolute Gasteiger partial charge is 0.375 e. The van der Waals surface area contributed by atoms with Gasteiger partial charge in [-0.15, -0.1) is 11.7 Å². The van der Waals surface area contributed by atoms with Gasteiger partial charge in [0, 0.05) is 32.2 Å². The fourth-order valence-electron chi connectivity index (χ4n) is 3.08. The highest BCUT2D eigenvalue weighted by molar-refractivity contribution is 8.68. The van der Waals surface area contributed by atoms with Crippen LogP contribution in [-0.2, 0) is 9.47 Å². The summed E-state index contributed by atoms with van der Waals surface area (Å²) in [7, 11) is 1.50. The van der Waals surface area contributed by atoms with Gasteiger partial charge >= 0.3 is 6.18 Å². The Morgan fingerprint density at radius 3 is 2.43 bits per heavy atom. The van der Waals surface area contributed by atoms with Crippen molar-refractivity contribution in [1.82, 2.24) is 9.80 Å². The minimum atomic E-state index is -4.30. The van der Waals surface area contributed by atoms with Crippen molar-refractivity contribution in [2.24, 2.45) is 0 Å². The van der Waals surface area contributed by atoms with Crippen molar-refractivity contribution in [2.75, 3.05) is 39.4 Å². The molecule has 0 bridgehead atoms. The van der Waals surface area contributed by atoms with Gasteiger partial charge in [0.2, 0.25) is 0 Å². The molecule has 2 rings (SSSR count). The molecule has 2 saturated heterocycles. The minimum absolute atomic E-state index is 0.0349. The van der Waals surface area contributed by atoms with Gasteiger partial charge in [-0.05, 0) is 20.3 Å². The summed E-state index contributed by atoms with van der Waals surface area (Å²) >= 11 is 4.25. The third-order valence-electron chi connectivity index (χ3n) is 4.53. The molecule has 23 heavy (non-hydrogen) atoms. The molecule has 0 aromatic heterocycles. The van der Waals surface area contributed by atoms with Gasteiger partial charge in [-0.1, -0.05) is 10.8 Å². The number of morpholine rings is 2. The number of alkyl halides is 3. The highest BCUT2D eigenvalue weighted by Crippen LogP contribution is 2.28. The zero-order valence-electron chi connectivity index (χ0n) is 13.5. The summed E-state index contributed by atoms with van der Waals surface area (Å²) in [4.78, 5) is 4.16. The zero-order chi connectivity index (χ0) is 17.0. The quantitative estimate of drug-likeness (QED) is 0.589. The van der Waals surface area contributed by atoms with E-state index in [1.807, 2.05) is 11.8 Å². The van der Waals surface area contributed by atoms with E-state index in [2.05, 4.69) is 23.5 Å². The molecule has 0 N–H and O–H groups in total. The van der Waals surface area contributed by atoms with Gasteiger partial charge in [-0.3, -0.25) is 9.80 Å². The van der Waals surface area contributed by atoms with E-state index in [1.165, 1.54) is 10.8 Å². The average Bonchev–Trinajstić information content (AvgIpc) is 2.53. The average molecular weight is 374 g/mol.